The van der Waals surface area contributed by atoms with Gasteiger partial charge in [0.2, 0.25) is 0 Å². The fraction of sp³-hybridized carbons (Fsp3) is 0.200. The van der Waals surface area contributed by atoms with Crippen molar-refractivity contribution in [2.75, 3.05) is 11.4 Å². The van der Waals surface area contributed by atoms with Gasteiger partial charge in [0.1, 0.15) is 0 Å². The number of hydrogen-bond acceptors (Lipinski definition) is 4. The lowest BCUT2D eigenvalue weighted by molar-refractivity contribution is 0.0697. The van der Waals surface area contributed by atoms with Gasteiger partial charge in [-0.15, -0.1) is 12.6 Å². The molecule has 1 aliphatic carbocycles. The molecule has 1 aliphatic rings. The van der Waals surface area contributed by atoms with Crippen molar-refractivity contribution in [3.05, 3.63) is 77.9 Å². The van der Waals surface area contributed by atoms with Gasteiger partial charge in [-0.05, 0) is 60.2 Å². The number of aromatic carboxylic acids is 1. The second kappa shape index (κ2) is 8.25. The zero-order valence-electron chi connectivity index (χ0n) is 16.6. The van der Waals surface area contributed by atoms with Crippen LogP contribution in [-0.4, -0.2) is 17.6 Å². The number of carbonyl (C=O) groups is 1. The summed E-state index contributed by atoms with van der Waals surface area (Å²) < 4.78 is 0. The van der Waals surface area contributed by atoms with Crippen LogP contribution in [0, 0.1) is 23.2 Å². The lowest BCUT2D eigenvalue weighted by Crippen LogP contribution is -2.21. The molecule has 0 saturated heterocycles. The van der Waals surface area contributed by atoms with Crippen LogP contribution >= 0.6 is 12.6 Å². The van der Waals surface area contributed by atoms with Crippen molar-refractivity contribution in [1.29, 1.82) is 5.26 Å². The quantitative estimate of drug-likeness (QED) is 0.485. The smallest absolute Gasteiger partial charge is 0.335 e. The number of hydrogen-bond donors (Lipinski definition) is 2. The number of carboxylic acids is 1. The van der Waals surface area contributed by atoms with Gasteiger partial charge in [0.05, 0.1) is 22.9 Å². The van der Waals surface area contributed by atoms with E-state index < -0.39 is 5.97 Å². The number of nitrogens with zero attached hydrogens (tertiary/aromatic N) is 2. The number of carboxylic acid groups (broad SMARTS) is 1. The molecule has 2 unspecified atom stereocenters. The van der Waals surface area contributed by atoms with Crippen molar-refractivity contribution in [2.24, 2.45) is 11.8 Å². The predicted molar refractivity (Wildman–Crippen MR) is 122 cm³/mol. The van der Waals surface area contributed by atoms with Gasteiger partial charge in [0, 0.05) is 22.7 Å². The molecule has 2 atom stereocenters. The molecule has 30 heavy (non-hydrogen) atoms. The van der Waals surface area contributed by atoms with Gasteiger partial charge in [-0.25, -0.2) is 4.79 Å². The van der Waals surface area contributed by atoms with Crippen molar-refractivity contribution in [1.82, 2.24) is 0 Å². The first-order chi connectivity index (χ1) is 14.5. The molecule has 150 valence electrons. The summed E-state index contributed by atoms with van der Waals surface area (Å²) in [7, 11) is 0. The molecular formula is C25H22N2O2S. The zero-order valence-corrected chi connectivity index (χ0v) is 17.5. The molecule has 3 aromatic rings. The molecule has 4 nitrogen and oxygen atoms in total. The van der Waals surface area contributed by atoms with E-state index in [1.165, 1.54) is 6.42 Å². The lowest BCUT2D eigenvalue weighted by Gasteiger charge is -2.27. The molecule has 1 saturated carbocycles. The summed E-state index contributed by atoms with van der Waals surface area (Å²) in [6.07, 6.45) is 1.20. The zero-order chi connectivity index (χ0) is 21.3. The minimum absolute atomic E-state index is 0.190. The van der Waals surface area contributed by atoms with E-state index in [0.717, 1.165) is 22.8 Å². The summed E-state index contributed by atoms with van der Waals surface area (Å²) in [5.74, 6) is 0.329. The maximum atomic E-state index is 11.4. The average molecular weight is 415 g/mol. The Hall–Kier alpha value is -3.23. The SMILES string of the molecule is CC1CC1CN(c1ccccc1)c1cc(C#N)c(-c2cccc(C(=O)O)c2)cc1S. The van der Waals surface area contributed by atoms with Crippen LogP contribution in [0.2, 0.25) is 0 Å². The van der Waals surface area contributed by atoms with Gasteiger partial charge >= 0.3 is 5.97 Å². The van der Waals surface area contributed by atoms with Gasteiger partial charge in [0.15, 0.2) is 0 Å². The van der Waals surface area contributed by atoms with Crippen molar-refractivity contribution >= 4 is 30.0 Å². The van der Waals surface area contributed by atoms with E-state index in [0.29, 0.717) is 28.5 Å². The topological polar surface area (TPSA) is 64.3 Å². The van der Waals surface area contributed by atoms with E-state index in [1.54, 1.807) is 18.2 Å². The third-order valence-corrected chi connectivity index (χ3v) is 6.07. The van der Waals surface area contributed by atoms with Crippen molar-refractivity contribution in [2.45, 2.75) is 18.2 Å². The van der Waals surface area contributed by atoms with Gasteiger partial charge in [-0.3, -0.25) is 0 Å². The highest BCUT2D eigenvalue weighted by Crippen LogP contribution is 2.43. The minimum atomic E-state index is -0.994. The lowest BCUT2D eigenvalue weighted by atomic mass is 9.97. The summed E-state index contributed by atoms with van der Waals surface area (Å²) in [6, 6.07) is 22.8. The molecule has 1 N–H and O–H groups in total. The van der Waals surface area contributed by atoms with Gasteiger partial charge in [-0.2, -0.15) is 5.26 Å². The van der Waals surface area contributed by atoms with Gasteiger partial charge in [0.25, 0.3) is 0 Å². The Morgan fingerprint density at radius 1 is 1.17 bits per heavy atom. The van der Waals surface area contributed by atoms with Crippen LogP contribution < -0.4 is 4.90 Å². The Bertz CT molecular complexity index is 1140. The van der Waals surface area contributed by atoms with E-state index >= 15 is 0 Å². The Labute approximate surface area is 181 Å². The van der Waals surface area contributed by atoms with Crippen LogP contribution in [0.15, 0.2) is 71.6 Å². The van der Waals surface area contributed by atoms with Crippen LogP contribution in [0.25, 0.3) is 11.1 Å². The molecule has 0 heterocycles. The highest BCUT2D eigenvalue weighted by Gasteiger charge is 2.35. The molecule has 1 fully saturated rings. The highest BCUT2D eigenvalue weighted by atomic mass is 32.1. The third kappa shape index (κ3) is 4.05. The minimum Gasteiger partial charge on any atom is -0.478 e. The van der Waals surface area contributed by atoms with Crippen molar-refractivity contribution in [3.63, 3.8) is 0 Å². The average Bonchev–Trinajstić information content (AvgIpc) is 3.47. The van der Waals surface area contributed by atoms with Crippen LogP contribution in [0.4, 0.5) is 11.4 Å². The summed E-state index contributed by atoms with van der Waals surface area (Å²) in [5, 5.41) is 19.2. The molecule has 0 amide bonds. The summed E-state index contributed by atoms with van der Waals surface area (Å²) >= 11 is 4.76. The number of rotatable bonds is 6. The molecular weight excluding hydrogens is 392 g/mol. The first kappa shape index (κ1) is 20.1. The Morgan fingerprint density at radius 3 is 2.53 bits per heavy atom. The maximum Gasteiger partial charge on any atom is 0.335 e. The van der Waals surface area contributed by atoms with Gasteiger partial charge < -0.3 is 10.0 Å². The Balaban J connectivity index is 1.80. The number of benzene rings is 3. The second-order valence-corrected chi connectivity index (χ2v) is 8.29. The van der Waals surface area contributed by atoms with Crippen LogP contribution in [0.5, 0.6) is 0 Å². The number of anilines is 2. The third-order valence-electron chi connectivity index (χ3n) is 5.71. The van der Waals surface area contributed by atoms with E-state index in [-0.39, 0.29) is 5.56 Å². The van der Waals surface area contributed by atoms with Crippen LogP contribution in [-0.2, 0) is 0 Å². The Kier molecular flexibility index (Phi) is 5.52. The summed E-state index contributed by atoms with van der Waals surface area (Å²) in [4.78, 5) is 14.3. The molecule has 0 radical (unpaired) electrons. The molecule has 3 aromatic carbocycles. The molecule has 0 aliphatic heterocycles. The van der Waals surface area contributed by atoms with E-state index in [9.17, 15) is 15.2 Å². The Morgan fingerprint density at radius 2 is 1.90 bits per heavy atom. The monoisotopic (exact) mass is 414 g/mol. The molecule has 0 spiro atoms. The molecule has 4 rings (SSSR count). The molecule has 0 bridgehead atoms. The van der Waals surface area contributed by atoms with E-state index in [4.69, 9.17) is 12.6 Å². The van der Waals surface area contributed by atoms with E-state index in [2.05, 4.69) is 30.0 Å². The highest BCUT2D eigenvalue weighted by molar-refractivity contribution is 7.80. The van der Waals surface area contributed by atoms with Crippen molar-refractivity contribution < 1.29 is 9.90 Å². The standard InChI is InChI=1S/C25H22N2O2S/c1-16-10-20(16)15-27(21-8-3-2-4-9-21)23-12-19(14-26)22(13-24(23)30)17-6-5-7-18(11-17)25(28)29/h2-9,11-13,16,20,30H,10,15H2,1H3,(H,28,29). The summed E-state index contributed by atoms with van der Waals surface area (Å²) in [6.45, 7) is 3.13. The second-order valence-electron chi connectivity index (χ2n) is 7.80. The molecule has 5 heteroatoms. The fourth-order valence-electron chi connectivity index (χ4n) is 3.78. The maximum absolute atomic E-state index is 11.4. The summed E-state index contributed by atoms with van der Waals surface area (Å²) in [5.41, 5.74) is 4.01. The van der Waals surface area contributed by atoms with E-state index in [1.807, 2.05) is 36.4 Å². The normalized spacial score (nSPS) is 17.2. The predicted octanol–water partition coefficient (Wildman–Crippen LogP) is 6.01. The first-order valence-corrected chi connectivity index (χ1v) is 10.4. The van der Waals surface area contributed by atoms with Crippen LogP contribution in [0.1, 0.15) is 29.3 Å². The number of para-hydroxylation sites is 1. The number of nitriles is 1. The first-order valence-electron chi connectivity index (χ1n) is 9.91. The number of thiol groups is 1. The van der Waals surface area contributed by atoms with Crippen LogP contribution in [0.3, 0.4) is 0 Å². The largest absolute Gasteiger partial charge is 0.478 e. The van der Waals surface area contributed by atoms with Crippen molar-refractivity contribution in [3.8, 4) is 17.2 Å². The van der Waals surface area contributed by atoms with Gasteiger partial charge in [-0.1, -0.05) is 37.3 Å². The molecule has 0 aromatic heterocycles. The fourth-order valence-corrected chi connectivity index (χ4v) is 4.10.